The van der Waals surface area contributed by atoms with Crippen molar-refractivity contribution in [3.8, 4) is 0 Å². The van der Waals surface area contributed by atoms with Gasteiger partial charge in [0.25, 0.3) is 5.91 Å². The van der Waals surface area contributed by atoms with E-state index in [-0.39, 0.29) is 26.5 Å². The highest BCUT2D eigenvalue weighted by molar-refractivity contribution is 7.21. The first-order valence-corrected chi connectivity index (χ1v) is 8.37. The molecule has 2 aromatic heterocycles. The van der Waals surface area contributed by atoms with E-state index >= 15 is 0 Å². The standard InChI is InChI=1S/C17H13F3N4O2S/c1-7-6-10(17(18,19)20)24-16-11(7)12(21)13(27-16)15(26)23-9-4-2-8(3-5-9)14(22)25/h2-6H,21H2,1H3,(H2,22,25)(H,23,26). The quantitative estimate of drug-likeness (QED) is 0.631. The van der Waals surface area contributed by atoms with Crippen molar-refractivity contribution in [3.05, 3.63) is 52.0 Å². The van der Waals surface area contributed by atoms with Crippen LogP contribution in [0.1, 0.15) is 31.3 Å². The number of nitrogen functional groups attached to an aromatic ring is 1. The van der Waals surface area contributed by atoms with E-state index in [1.807, 2.05) is 0 Å². The molecule has 0 fully saturated rings. The fourth-order valence-electron chi connectivity index (χ4n) is 2.53. The van der Waals surface area contributed by atoms with Crippen LogP contribution in [-0.2, 0) is 6.18 Å². The summed E-state index contributed by atoms with van der Waals surface area (Å²) in [6, 6.07) is 6.73. The lowest BCUT2D eigenvalue weighted by Gasteiger charge is -2.07. The highest BCUT2D eigenvalue weighted by Crippen LogP contribution is 2.38. The Morgan fingerprint density at radius 1 is 1.19 bits per heavy atom. The summed E-state index contributed by atoms with van der Waals surface area (Å²) in [5.41, 5.74) is 11.1. The van der Waals surface area contributed by atoms with Gasteiger partial charge in [-0.05, 0) is 42.8 Å². The number of nitrogens with zero attached hydrogens (tertiary/aromatic N) is 1. The summed E-state index contributed by atoms with van der Waals surface area (Å²) in [6.07, 6.45) is -4.59. The number of nitrogens with two attached hydrogens (primary N) is 2. The number of benzene rings is 1. The number of thiophene rings is 1. The third-order valence-electron chi connectivity index (χ3n) is 3.82. The Morgan fingerprint density at radius 2 is 1.81 bits per heavy atom. The van der Waals surface area contributed by atoms with Crippen molar-refractivity contribution >= 4 is 44.7 Å². The molecule has 0 atom stereocenters. The predicted octanol–water partition coefficient (Wildman–Crippen LogP) is 3.56. The largest absolute Gasteiger partial charge is 0.433 e. The fourth-order valence-corrected chi connectivity index (χ4v) is 3.60. The highest BCUT2D eigenvalue weighted by Gasteiger charge is 2.34. The summed E-state index contributed by atoms with van der Waals surface area (Å²) >= 11 is 0.781. The smallest absolute Gasteiger partial charge is 0.397 e. The van der Waals surface area contributed by atoms with Crippen LogP contribution >= 0.6 is 11.3 Å². The fraction of sp³-hybridized carbons (Fsp3) is 0.118. The van der Waals surface area contributed by atoms with Crippen molar-refractivity contribution in [2.24, 2.45) is 5.73 Å². The number of aryl methyl sites for hydroxylation is 1. The van der Waals surface area contributed by atoms with Crippen molar-refractivity contribution in [1.29, 1.82) is 0 Å². The summed E-state index contributed by atoms with van der Waals surface area (Å²) in [5, 5.41) is 2.90. The van der Waals surface area contributed by atoms with Crippen LogP contribution in [0.4, 0.5) is 24.5 Å². The van der Waals surface area contributed by atoms with Crippen LogP contribution in [0.25, 0.3) is 10.2 Å². The average Bonchev–Trinajstić information content (AvgIpc) is 2.92. The number of fused-ring (bicyclic) bond motifs is 1. The topological polar surface area (TPSA) is 111 Å². The Morgan fingerprint density at radius 3 is 2.37 bits per heavy atom. The first-order chi connectivity index (χ1) is 12.6. The van der Waals surface area contributed by atoms with Crippen LogP contribution in [0.3, 0.4) is 0 Å². The lowest BCUT2D eigenvalue weighted by Crippen LogP contribution is -2.13. The zero-order chi connectivity index (χ0) is 19.9. The van der Waals surface area contributed by atoms with Crippen LogP contribution in [-0.4, -0.2) is 16.8 Å². The molecule has 0 aliphatic carbocycles. The Hall–Kier alpha value is -3.14. The minimum absolute atomic E-state index is 0.0362. The normalized spacial score (nSPS) is 11.6. The van der Waals surface area contributed by atoms with E-state index in [2.05, 4.69) is 10.3 Å². The van der Waals surface area contributed by atoms with Crippen molar-refractivity contribution in [3.63, 3.8) is 0 Å². The number of hydrogen-bond donors (Lipinski definition) is 3. The molecule has 0 aliphatic rings. The third-order valence-corrected chi connectivity index (χ3v) is 4.92. The predicted molar refractivity (Wildman–Crippen MR) is 96.7 cm³/mol. The van der Waals surface area contributed by atoms with E-state index in [9.17, 15) is 22.8 Å². The number of halogens is 3. The van der Waals surface area contributed by atoms with Gasteiger partial charge in [0.1, 0.15) is 15.4 Å². The van der Waals surface area contributed by atoms with Gasteiger partial charge in [0.05, 0.1) is 5.69 Å². The molecule has 3 rings (SSSR count). The van der Waals surface area contributed by atoms with Gasteiger partial charge in [-0.25, -0.2) is 4.98 Å². The van der Waals surface area contributed by atoms with Gasteiger partial charge in [-0.3, -0.25) is 9.59 Å². The minimum atomic E-state index is -4.59. The zero-order valence-corrected chi connectivity index (χ0v) is 14.7. The number of alkyl halides is 3. The molecule has 0 aliphatic heterocycles. The molecular weight excluding hydrogens is 381 g/mol. The molecule has 0 saturated carbocycles. The first-order valence-electron chi connectivity index (χ1n) is 7.56. The number of hydrogen-bond acceptors (Lipinski definition) is 5. The number of rotatable bonds is 3. The second-order valence-corrected chi connectivity index (χ2v) is 6.74. The van der Waals surface area contributed by atoms with E-state index in [0.29, 0.717) is 11.1 Å². The molecule has 3 aromatic rings. The maximum Gasteiger partial charge on any atom is 0.433 e. The molecule has 2 heterocycles. The molecule has 2 amide bonds. The maximum atomic E-state index is 12.9. The lowest BCUT2D eigenvalue weighted by atomic mass is 10.1. The second-order valence-electron chi connectivity index (χ2n) is 5.74. The molecule has 10 heteroatoms. The molecule has 0 saturated heterocycles. The summed E-state index contributed by atoms with van der Waals surface area (Å²) in [5.74, 6) is -1.20. The van der Waals surface area contributed by atoms with Gasteiger partial charge in [-0.2, -0.15) is 13.2 Å². The van der Waals surface area contributed by atoms with Crippen LogP contribution < -0.4 is 16.8 Å². The highest BCUT2D eigenvalue weighted by atomic mass is 32.1. The van der Waals surface area contributed by atoms with Gasteiger partial charge >= 0.3 is 6.18 Å². The number of amides is 2. The van der Waals surface area contributed by atoms with E-state index in [1.165, 1.54) is 31.2 Å². The van der Waals surface area contributed by atoms with Crippen molar-refractivity contribution in [1.82, 2.24) is 4.98 Å². The summed E-state index contributed by atoms with van der Waals surface area (Å²) in [4.78, 5) is 27.2. The molecule has 140 valence electrons. The average molecular weight is 394 g/mol. The van der Waals surface area contributed by atoms with Crippen molar-refractivity contribution in [2.75, 3.05) is 11.1 Å². The van der Waals surface area contributed by atoms with Gasteiger partial charge in [0, 0.05) is 16.6 Å². The number of carbonyl (C=O) groups excluding carboxylic acids is 2. The lowest BCUT2D eigenvalue weighted by molar-refractivity contribution is -0.141. The summed E-state index contributed by atoms with van der Waals surface area (Å²) in [7, 11) is 0. The Kier molecular flexibility index (Phi) is 4.52. The van der Waals surface area contributed by atoms with Crippen LogP contribution in [0.5, 0.6) is 0 Å². The number of anilines is 2. The first kappa shape index (κ1) is 18.6. The molecule has 0 bridgehead atoms. The molecule has 0 spiro atoms. The molecule has 5 N–H and O–H groups in total. The Bertz CT molecular complexity index is 1060. The van der Waals surface area contributed by atoms with E-state index in [4.69, 9.17) is 11.5 Å². The zero-order valence-electron chi connectivity index (χ0n) is 13.8. The maximum absolute atomic E-state index is 12.9. The second kappa shape index (κ2) is 6.54. The Labute approximate surface area is 155 Å². The third kappa shape index (κ3) is 3.56. The number of nitrogens with one attached hydrogen (secondary N) is 1. The van der Waals surface area contributed by atoms with E-state index < -0.39 is 23.7 Å². The van der Waals surface area contributed by atoms with Crippen molar-refractivity contribution in [2.45, 2.75) is 13.1 Å². The summed E-state index contributed by atoms with van der Waals surface area (Å²) in [6.45, 7) is 1.48. The summed E-state index contributed by atoms with van der Waals surface area (Å²) < 4.78 is 38.8. The molecule has 6 nitrogen and oxygen atoms in total. The molecule has 27 heavy (non-hydrogen) atoms. The van der Waals surface area contributed by atoms with Gasteiger partial charge in [0.15, 0.2) is 0 Å². The van der Waals surface area contributed by atoms with Gasteiger partial charge < -0.3 is 16.8 Å². The van der Waals surface area contributed by atoms with Crippen LogP contribution in [0.2, 0.25) is 0 Å². The number of carbonyl (C=O) groups is 2. The van der Waals surface area contributed by atoms with E-state index in [1.54, 1.807) is 0 Å². The Balaban J connectivity index is 1.96. The molecule has 1 aromatic carbocycles. The van der Waals surface area contributed by atoms with Crippen LogP contribution in [0.15, 0.2) is 30.3 Å². The van der Waals surface area contributed by atoms with Crippen molar-refractivity contribution < 1.29 is 22.8 Å². The molecule has 0 unspecified atom stereocenters. The van der Waals surface area contributed by atoms with Gasteiger partial charge in [-0.1, -0.05) is 0 Å². The SMILES string of the molecule is Cc1cc(C(F)(F)F)nc2sc(C(=O)Nc3ccc(C(N)=O)cc3)c(N)c12. The minimum Gasteiger partial charge on any atom is -0.397 e. The molecular formula is C17H13F3N4O2S. The van der Waals surface area contributed by atoms with Gasteiger partial charge in [-0.15, -0.1) is 11.3 Å². The van der Waals surface area contributed by atoms with Crippen LogP contribution in [0, 0.1) is 6.92 Å². The monoisotopic (exact) mass is 394 g/mol. The number of primary amides is 1. The number of pyridine rings is 1. The molecule has 0 radical (unpaired) electrons. The van der Waals surface area contributed by atoms with Gasteiger partial charge in [0.2, 0.25) is 5.91 Å². The van der Waals surface area contributed by atoms with E-state index in [0.717, 1.165) is 17.4 Å². The number of aromatic nitrogens is 1.